The third-order valence-electron chi connectivity index (χ3n) is 3.58. The summed E-state index contributed by atoms with van der Waals surface area (Å²) >= 11 is 0. The number of methoxy groups -OCH3 is 1. The standard InChI is InChI=1S/C16H25NO4/c1-11(13-10-12(21-5)6-7-14(13)18)17(16(2,3)4)9-8-15(19)20/h6-7,10-11,18H,8-9H2,1-5H3,(H,19,20). The van der Waals surface area contributed by atoms with Crippen LogP contribution >= 0.6 is 0 Å². The molecule has 0 heterocycles. The number of hydrogen-bond acceptors (Lipinski definition) is 4. The van der Waals surface area contributed by atoms with E-state index in [4.69, 9.17) is 9.84 Å². The van der Waals surface area contributed by atoms with Gasteiger partial charge in [-0.15, -0.1) is 0 Å². The molecule has 2 N–H and O–H groups in total. The van der Waals surface area contributed by atoms with Gasteiger partial charge in [0.05, 0.1) is 13.5 Å². The predicted octanol–water partition coefficient (Wildman–Crippen LogP) is 3.04. The van der Waals surface area contributed by atoms with E-state index in [9.17, 15) is 9.90 Å². The number of carboxylic acid groups (broad SMARTS) is 1. The molecule has 0 aromatic heterocycles. The minimum absolute atomic E-state index is 0.0618. The molecule has 1 unspecified atom stereocenters. The number of hydrogen-bond donors (Lipinski definition) is 2. The first-order valence-corrected chi connectivity index (χ1v) is 7.02. The van der Waals surface area contributed by atoms with Crippen molar-refractivity contribution in [2.75, 3.05) is 13.7 Å². The van der Waals surface area contributed by atoms with Crippen LogP contribution in [-0.4, -0.2) is 40.3 Å². The molecule has 1 atom stereocenters. The third-order valence-corrected chi connectivity index (χ3v) is 3.58. The predicted molar refractivity (Wildman–Crippen MR) is 81.8 cm³/mol. The van der Waals surface area contributed by atoms with Crippen molar-refractivity contribution in [1.29, 1.82) is 0 Å². The number of phenols is 1. The minimum atomic E-state index is -0.827. The highest BCUT2D eigenvalue weighted by Crippen LogP contribution is 2.35. The van der Waals surface area contributed by atoms with Crippen LogP contribution < -0.4 is 4.74 Å². The van der Waals surface area contributed by atoms with Gasteiger partial charge in [0.25, 0.3) is 0 Å². The molecule has 1 aromatic rings. The van der Waals surface area contributed by atoms with Gasteiger partial charge in [-0.3, -0.25) is 9.69 Å². The summed E-state index contributed by atoms with van der Waals surface area (Å²) in [5, 5.41) is 19.0. The molecule has 0 spiro atoms. The number of ether oxygens (including phenoxy) is 1. The van der Waals surface area contributed by atoms with Crippen molar-refractivity contribution >= 4 is 5.97 Å². The second-order valence-electron chi connectivity index (χ2n) is 6.11. The second kappa shape index (κ2) is 6.80. The molecule has 0 aliphatic carbocycles. The molecule has 0 aliphatic heterocycles. The van der Waals surface area contributed by atoms with Gasteiger partial charge in [-0.2, -0.15) is 0 Å². The number of aromatic hydroxyl groups is 1. The van der Waals surface area contributed by atoms with E-state index in [1.54, 1.807) is 25.3 Å². The lowest BCUT2D eigenvalue weighted by atomic mass is 9.97. The van der Waals surface area contributed by atoms with Gasteiger partial charge >= 0.3 is 5.97 Å². The molecule has 0 saturated carbocycles. The fourth-order valence-electron chi connectivity index (χ4n) is 2.49. The molecule has 1 aromatic carbocycles. The SMILES string of the molecule is COc1ccc(O)c(C(C)N(CCC(=O)O)C(C)(C)C)c1. The van der Waals surface area contributed by atoms with E-state index in [0.29, 0.717) is 12.3 Å². The minimum Gasteiger partial charge on any atom is -0.508 e. The van der Waals surface area contributed by atoms with Crippen LogP contribution in [0, 0.1) is 0 Å². The molecule has 21 heavy (non-hydrogen) atoms. The van der Waals surface area contributed by atoms with Crippen LogP contribution in [0.4, 0.5) is 0 Å². The number of carbonyl (C=O) groups is 1. The van der Waals surface area contributed by atoms with Crippen LogP contribution in [0.1, 0.15) is 45.7 Å². The number of phenolic OH excluding ortho intramolecular Hbond substituents is 1. The quantitative estimate of drug-likeness (QED) is 0.844. The summed E-state index contributed by atoms with van der Waals surface area (Å²) in [6.07, 6.45) is 0.0618. The van der Waals surface area contributed by atoms with Crippen LogP contribution in [0.15, 0.2) is 18.2 Å². The van der Waals surface area contributed by atoms with Crippen molar-refractivity contribution in [3.63, 3.8) is 0 Å². The molecule has 118 valence electrons. The Labute approximate surface area is 126 Å². The number of benzene rings is 1. The number of nitrogens with zero attached hydrogens (tertiary/aromatic N) is 1. The Morgan fingerprint density at radius 1 is 1.38 bits per heavy atom. The van der Waals surface area contributed by atoms with Gasteiger partial charge in [-0.05, 0) is 45.9 Å². The zero-order valence-electron chi connectivity index (χ0n) is 13.4. The third kappa shape index (κ3) is 4.63. The van der Waals surface area contributed by atoms with E-state index in [-0.39, 0.29) is 23.8 Å². The molecule has 5 heteroatoms. The lowest BCUT2D eigenvalue weighted by Gasteiger charge is -2.40. The first kappa shape index (κ1) is 17.3. The Balaban J connectivity index is 3.09. The fourth-order valence-corrected chi connectivity index (χ4v) is 2.49. The van der Waals surface area contributed by atoms with Gasteiger partial charge < -0.3 is 14.9 Å². The number of carboxylic acids is 1. The molecular formula is C16H25NO4. The monoisotopic (exact) mass is 295 g/mol. The van der Waals surface area contributed by atoms with Gasteiger partial charge in [0.2, 0.25) is 0 Å². The van der Waals surface area contributed by atoms with Crippen molar-refractivity contribution in [3.8, 4) is 11.5 Å². The summed E-state index contributed by atoms with van der Waals surface area (Å²) in [5.74, 6) is 0.0286. The Morgan fingerprint density at radius 2 is 2.00 bits per heavy atom. The van der Waals surface area contributed by atoms with Crippen LogP contribution in [-0.2, 0) is 4.79 Å². The van der Waals surface area contributed by atoms with E-state index in [1.165, 1.54) is 0 Å². The summed E-state index contributed by atoms with van der Waals surface area (Å²) in [7, 11) is 1.58. The highest BCUT2D eigenvalue weighted by molar-refractivity contribution is 5.66. The summed E-state index contributed by atoms with van der Waals surface area (Å²) in [4.78, 5) is 12.9. The summed E-state index contributed by atoms with van der Waals surface area (Å²) in [6, 6.07) is 4.96. The Hall–Kier alpha value is -1.75. The van der Waals surface area contributed by atoms with Gasteiger partial charge in [0, 0.05) is 23.7 Å². The van der Waals surface area contributed by atoms with E-state index in [0.717, 1.165) is 5.56 Å². The van der Waals surface area contributed by atoms with Crippen LogP contribution in [0.2, 0.25) is 0 Å². The highest BCUT2D eigenvalue weighted by atomic mass is 16.5. The number of aliphatic carboxylic acids is 1. The van der Waals surface area contributed by atoms with E-state index in [2.05, 4.69) is 4.90 Å². The zero-order valence-corrected chi connectivity index (χ0v) is 13.4. The Morgan fingerprint density at radius 3 is 2.48 bits per heavy atom. The molecule has 1 rings (SSSR count). The molecular weight excluding hydrogens is 270 g/mol. The normalized spacial score (nSPS) is 13.2. The topological polar surface area (TPSA) is 70.0 Å². The Bertz CT molecular complexity index is 494. The van der Waals surface area contributed by atoms with Gasteiger partial charge in [0.15, 0.2) is 0 Å². The Kier molecular flexibility index (Phi) is 5.61. The van der Waals surface area contributed by atoms with Crippen LogP contribution in [0.25, 0.3) is 0 Å². The molecule has 0 fully saturated rings. The molecule has 0 amide bonds. The van der Waals surface area contributed by atoms with Crippen molar-refractivity contribution in [2.45, 2.75) is 45.7 Å². The first-order chi connectivity index (χ1) is 9.66. The molecule has 0 aliphatic rings. The molecule has 0 bridgehead atoms. The lowest BCUT2D eigenvalue weighted by Crippen LogP contribution is -2.44. The largest absolute Gasteiger partial charge is 0.508 e. The highest BCUT2D eigenvalue weighted by Gasteiger charge is 2.29. The average Bonchev–Trinajstić information content (AvgIpc) is 2.37. The van der Waals surface area contributed by atoms with E-state index < -0.39 is 5.97 Å². The van der Waals surface area contributed by atoms with Gasteiger partial charge in [-0.1, -0.05) is 0 Å². The lowest BCUT2D eigenvalue weighted by molar-refractivity contribution is -0.137. The summed E-state index contributed by atoms with van der Waals surface area (Å²) in [6.45, 7) is 8.46. The van der Waals surface area contributed by atoms with Crippen LogP contribution in [0.3, 0.4) is 0 Å². The maximum absolute atomic E-state index is 10.9. The number of rotatable bonds is 6. The maximum Gasteiger partial charge on any atom is 0.304 e. The summed E-state index contributed by atoms with van der Waals surface area (Å²) < 4.78 is 5.20. The fraction of sp³-hybridized carbons (Fsp3) is 0.562. The van der Waals surface area contributed by atoms with Crippen molar-refractivity contribution in [2.24, 2.45) is 0 Å². The average molecular weight is 295 g/mol. The van der Waals surface area contributed by atoms with Crippen molar-refractivity contribution in [1.82, 2.24) is 4.90 Å². The summed E-state index contributed by atoms with van der Waals surface area (Å²) in [5.41, 5.74) is 0.513. The van der Waals surface area contributed by atoms with Crippen molar-refractivity contribution in [3.05, 3.63) is 23.8 Å². The smallest absolute Gasteiger partial charge is 0.304 e. The van der Waals surface area contributed by atoms with E-state index >= 15 is 0 Å². The second-order valence-corrected chi connectivity index (χ2v) is 6.11. The zero-order chi connectivity index (χ0) is 16.2. The van der Waals surface area contributed by atoms with Crippen molar-refractivity contribution < 1.29 is 19.7 Å². The van der Waals surface area contributed by atoms with Gasteiger partial charge in [-0.25, -0.2) is 0 Å². The van der Waals surface area contributed by atoms with E-state index in [1.807, 2.05) is 27.7 Å². The molecule has 0 radical (unpaired) electrons. The van der Waals surface area contributed by atoms with Gasteiger partial charge in [0.1, 0.15) is 11.5 Å². The molecule has 0 saturated heterocycles. The van der Waals surface area contributed by atoms with Crippen LogP contribution in [0.5, 0.6) is 11.5 Å². The molecule has 5 nitrogen and oxygen atoms in total. The maximum atomic E-state index is 10.9. The first-order valence-electron chi connectivity index (χ1n) is 7.02.